The lowest BCUT2D eigenvalue weighted by Crippen LogP contribution is -2.23. The highest BCUT2D eigenvalue weighted by Gasteiger charge is 2.21. The molecule has 6 nitrogen and oxygen atoms in total. The number of pyridine rings is 1. The number of halogens is 1. The van der Waals surface area contributed by atoms with Crippen LogP contribution in [0.25, 0.3) is 27.9 Å². The molecule has 1 aliphatic rings. The van der Waals surface area contributed by atoms with E-state index in [4.69, 9.17) is 4.98 Å². The smallest absolute Gasteiger partial charge is 0.242 e. The minimum atomic E-state index is -3.69. The molecular weight excluding hydrogens is 427 g/mol. The van der Waals surface area contributed by atoms with Gasteiger partial charge in [0.25, 0.3) is 0 Å². The van der Waals surface area contributed by atoms with Gasteiger partial charge in [0.05, 0.1) is 16.8 Å². The van der Waals surface area contributed by atoms with Crippen molar-refractivity contribution in [3.8, 4) is 0 Å². The fraction of sp³-hybridized carbons (Fsp3) is 0.208. The number of anilines is 1. The van der Waals surface area contributed by atoms with Crippen LogP contribution in [0.3, 0.4) is 0 Å². The maximum atomic E-state index is 13.4. The number of nitrogens with zero attached hydrogens (tertiary/aromatic N) is 2. The highest BCUT2D eigenvalue weighted by Crippen LogP contribution is 2.32. The summed E-state index contributed by atoms with van der Waals surface area (Å²) in [5, 5.41) is 8.35. The number of hydrogen-bond donors (Lipinski definition) is 2. The third kappa shape index (κ3) is 3.99. The van der Waals surface area contributed by atoms with Crippen LogP contribution >= 0.6 is 0 Å². The van der Waals surface area contributed by atoms with Crippen molar-refractivity contribution in [3.63, 3.8) is 0 Å². The Morgan fingerprint density at radius 2 is 2.03 bits per heavy atom. The highest BCUT2D eigenvalue weighted by atomic mass is 32.2. The predicted molar refractivity (Wildman–Crippen MR) is 127 cm³/mol. The molecule has 2 N–H and O–H groups in total. The van der Waals surface area contributed by atoms with E-state index in [1.807, 2.05) is 24.3 Å². The third-order valence-electron chi connectivity index (χ3n) is 5.67. The lowest BCUT2D eigenvalue weighted by Gasteiger charge is -2.15. The average Bonchev–Trinajstić information content (AvgIpc) is 3.44. The van der Waals surface area contributed by atoms with Crippen LogP contribution in [0.15, 0.2) is 66.9 Å². The van der Waals surface area contributed by atoms with Gasteiger partial charge in [-0.15, -0.1) is 0 Å². The standard InChI is InChI=1S/C24H23FN4O2S/c25-18-7-3-5-17(15-18)6-4-14-32(30,31)29-13-11-21-23(29)20-8-1-2-9-22(20)28-24(21)27-19-10-12-26-16-19/h1-9,11,13,15,19,26H,10,12,14,16H2,(H,27,28)/t19-/m1/s1. The summed E-state index contributed by atoms with van der Waals surface area (Å²) in [5.41, 5.74) is 1.96. The number of benzene rings is 2. The van der Waals surface area contributed by atoms with Crippen LogP contribution in [0.2, 0.25) is 0 Å². The Labute approximate surface area is 185 Å². The van der Waals surface area contributed by atoms with Gasteiger partial charge in [0.2, 0.25) is 10.0 Å². The molecule has 164 valence electrons. The first kappa shape index (κ1) is 20.7. The van der Waals surface area contributed by atoms with Gasteiger partial charge in [-0.1, -0.05) is 42.5 Å². The van der Waals surface area contributed by atoms with E-state index in [0.717, 1.165) is 35.8 Å². The molecule has 0 spiro atoms. The number of aromatic nitrogens is 2. The third-order valence-corrected chi connectivity index (χ3v) is 7.18. The first-order chi connectivity index (χ1) is 15.5. The number of fused-ring (bicyclic) bond motifs is 3. The van der Waals surface area contributed by atoms with Crippen molar-refractivity contribution < 1.29 is 12.8 Å². The molecule has 5 rings (SSSR count). The molecule has 1 aliphatic heterocycles. The van der Waals surface area contributed by atoms with Gasteiger partial charge in [-0.05, 0) is 42.8 Å². The largest absolute Gasteiger partial charge is 0.365 e. The first-order valence-corrected chi connectivity index (χ1v) is 12.1. The van der Waals surface area contributed by atoms with Crippen LogP contribution in [-0.4, -0.2) is 42.3 Å². The van der Waals surface area contributed by atoms with Gasteiger partial charge in [-0.3, -0.25) is 0 Å². The second kappa shape index (κ2) is 8.37. The van der Waals surface area contributed by atoms with Gasteiger partial charge in [0, 0.05) is 29.6 Å². The summed E-state index contributed by atoms with van der Waals surface area (Å²) < 4.78 is 41.2. The van der Waals surface area contributed by atoms with Crippen molar-refractivity contribution in [1.82, 2.24) is 14.3 Å². The van der Waals surface area contributed by atoms with Crippen molar-refractivity contribution in [2.75, 3.05) is 24.2 Å². The highest BCUT2D eigenvalue weighted by molar-refractivity contribution is 7.90. The minimum absolute atomic E-state index is 0.209. The molecule has 0 radical (unpaired) electrons. The molecule has 1 atom stereocenters. The van der Waals surface area contributed by atoms with E-state index in [-0.39, 0.29) is 17.6 Å². The topological polar surface area (TPSA) is 76.0 Å². The summed E-state index contributed by atoms with van der Waals surface area (Å²) in [4.78, 5) is 4.78. The Morgan fingerprint density at radius 3 is 2.84 bits per heavy atom. The number of nitrogens with one attached hydrogen (secondary N) is 2. The Bertz CT molecular complexity index is 1420. The fourth-order valence-corrected chi connectivity index (χ4v) is 5.35. The molecule has 32 heavy (non-hydrogen) atoms. The number of para-hydroxylation sites is 1. The monoisotopic (exact) mass is 450 g/mol. The molecule has 0 unspecified atom stereocenters. The van der Waals surface area contributed by atoms with E-state index in [1.54, 1.807) is 36.5 Å². The van der Waals surface area contributed by atoms with E-state index in [2.05, 4.69) is 10.6 Å². The Hall–Kier alpha value is -3.23. The van der Waals surface area contributed by atoms with Crippen LogP contribution in [0.4, 0.5) is 10.2 Å². The minimum Gasteiger partial charge on any atom is -0.365 e. The summed E-state index contributed by atoms with van der Waals surface area (Å²) in [6, 6.07) is 15.6. The summed E-state index contributed by atoms with van der Waals surface area (Å²) in [5.74, 6) is 0.124. The molecule has 0 bridgehead atoms. The van der Waals surface area contributed by atoms with E-state index in [1.165, 1.54) is 16.1 Å². The number of rotatable bonds is 6. The number of hydrogen-bond acceptors (Lipinski definition) is 5. The van der Waals surface area contributed by atoms with Crippen molar-refractivity contribution in [3.05, 3.63) is 78.3 Å². The van der Waals surface area contributed by atoms with Gasteiger partial charge in [0.1, 0.15) is 11.6 Å². The van der Waals surface area contributed by atoms with Crippen molar-refractivity contribution in [2.45, 2.75) is 12.5 Å². The molecular formula is C24H23FN4O2S. The normalized spacial score (nSPS) is 17.0. The molecule has 0 saturated carbocycles. The van der Waals surface area contributed by atoms with Crippen LogP contribution < -0.4 is 10.6 Å². The van der Waals surface area contributed by atoms with Gasteiger partial charge in [-0.25, -0.2) is 21.8 Å². The maximum Gasteiger partial charge on any atom is 0.242 e. The molecule has 1 saturated heterocycles. The zero-order valence-electron chi connectivity index (χ0n) is 17.3. The summed E-state index contributed by atoms with van der Waals surface area (Å²) in [6.07, 6.45) is 5.73. The van der Waals surface area contributed by atoms with Crippen molar-refractivity contribution in [2.24, 2.45) is 0 Å². The average molecular weight is 451 g/mol. The Morgan fingerprint density at radius 1 is 1.16 bits per heavy atom. The van der Waals surface area contributed by atoms with Gasteiger partial charge < -0.3 is 10.6 Å². The Balaban J connectivity index is 1.55. The molecule has 3 heterocycles. The van der Waals surface area contributed by atoms with Gasteiger partial charge in [-0.2, -0.15) is 0 Å². The molecule has 2 aromatic carbocycles. The summed E-state index contributed by atoms with van der Waals surface area (Å²) in [6.45, 7) is 1.79. The van der Waals surface area contributed by atoms with Gasteiger partial charge >= 0.3 is 0 Å². The van der Waals surface area contributed by atoms with Crippen LogP contribution in [0.1, 0.15) is 12.0 Å². The summed E-state index contributed by atoms with van der Waals surface area (Å²) in [7, 11) is -3.69. The molecule has 0 amide bonds. The van der Waals surface area contributed by atoms with Crippen molar-refractivity contribution in [1.29, 1.82) is 0 Å². The zero-order valence-corrected chi connectivity index (χ0v) is 18.1. The van der Waals surface area contributed by atoms with Crippen molar-refractivity contribution >= 4 is 43.7 Å². The lowest BCUT2D eigenvalue weighted by atomic mass is 10.1. The second-order valence-corrected chi connectivity index (χ2v) is 9.81. The second-order valence-electron chi connectivity index (χ2n) is 7.92. The molecule has 8 heteroatoms. The van der Waals surface area contributed by atoms with E-state index < -0.39 is 10.0 Å². The van der Waals surface area contributed by atoms with Crippen LogP contribution in [0, 0.1) is 5.82 Å². The summed E-state index contributed by atoms with van der Waals surface area (Å²) >= 11 is 0. The quantitative estimate of drug-likeness (QED) is 0.465. The fourth-order valence-electron chi connectivity index (χ4n) is 4.13. The zero-order chi connectivity index (χ0) is 22.1. The van der Waals surface area contributed by atoms with Crippen LogP contribution in [-0.2, 0) is 10.0 Å². The predicted octanol–water partition coefficient (Wildman–Crippen LogP) is 3.99. The van der Waals surface area contributed by atoms with E-state index in [9.17, 15) is 12.8 Å². The molecule has 1 fully saturated rings. The molecule has 4 aromatic rings. The first-order valence-electron chi connectivity index (χ1n) is 10.5. The van der Waals surface area contributed by atoms with E-state index in [0.29, 0.717) is 16.9 Å². The van der Waals surface area contributed by atoms with E-state index >= 15 is 0 Å². The van der Waals surface area contributed by atoms with Gasteiger partial charge in [0.15, 0.2) is 0 Å². The molecule has 2 aromatic heterocycles. The lowest BCUT2D eigenvalue weighted by molar-refractivity contribution is 0.592. The van der Waals surface area contributed by atoms with Crippen LogP contribution in [0.5, 0.6) is 0 Å². The Kier molecular flexibility index (Phi) is 5.40. The maximum absolute atomic E-state index is 13.4. The SMILES string of the molecule is O=S(=O)(CC=Cc1cccc(F)c1)n1ccc2c(N[C@@H]3CCNC3)nc3ccccc3c21. The molecule has 0 aliphatic carbocycles.